The minimum atomic E-state index is -4.34. The van der Waals surface area contributed by atoms with Gasteiger partial charge in [0, 0.05) is 6.61 Å². The summed E-state index contributed by atoms with van der Waals surface area (Å²) in [5.41, 5.74) is 1.65. The van der Waals surface area contributed by atoms with Crippen molar-refractivity contribution in [2.24, 2.45) is 5.84 Å². The summed E-state index contributed by atoms with van der Waals surface area (Å²) >= 11 is 0. The van der Waals surface area contributed by atoms with Crippen molar-refractivity contribution < 1.29 is 17.9 Å². The van der Waals surface area contributed by atoms with E-state index >= 15 is 0 Å². The molecule has 0 aromatic heterocycles. The van der Waals surface area contributed by atoms with E-state index in [2.05, 4.69) is 0 Å². The van der Waals surface area contributed by atoms with E-state index in [-0.39, 0.29) is 0 Å². The smallest absolute Gasteiger partial charge is 0.379 e. The van der Waals surface area contributed by atoms with Crippen molar-refractivity contribution in [3.8, 4) is 0 Å². The third-order valence-electron chi connectivity index (χ3n) is 1.23. The van der Waals surface area contributed by atoms with E-state index in [0.717, 1.165) is 0 Å². The molecule has 1 atom stereocenters. The van der Waals surface area contributed by atoms with Crippen molar-refractivity contribution in [3.63, 3.8) is 0 Å². The summed E-state index contributed by atoms with van der Waals surface area (Å²) in [6.07, 6.45) is -3.66. The van der Waals surface area contributed by atoms with Gasteiger partial charge in [0.2, 0.25) is 0 Å². The quantitative estimate of drug-likeness (QED) is 0.379. The normalized spacial score (nSPS) is 14.8. The highest BCUT2D eigenvalue weighted by atomic mass is 19.4. The van der Waals surface area contributed by atoms with Gasteiger partial charge < -0.3 is 4.74 Å². The fourth-order valence-electron chi connectivity index (χ4n) is 0.583. The molecule has 0 aliphatic heterocycles. The molecule has 0 heterocycles. The Labute approximate surface area is 69.0 Å². The summed E-state index contributed by atoms with van der Waals surface area (Å²) in [6, 6.07) is -1.77. The van der Waals surface area contributed by atoms with Crippen LogP contribution >= 0.6 is 0 Å². The number of ether oxygens (including phenoxy) is 1. The van der Waals surface area contributed by atoms with Crippen LogP contribution in [0.5, 0.6) is 0 Å². The molecule has 0 aliphatic rings. The van der Waals surface area contributed by atoms with Gasteiger partial charge in [0.1, 0.15) is 6.04 Å². The largest absolute Gasteiger partial charge is 0.407 e. The lowest BCUT2D eigenvalue weighted by molar-refractivity contribution is -0.168. The fourth-order valence-corrected chi connectivity index (χ4v) is 0.583. The minimum Gasteiger partial charge on any atom is -0.379 e. The maximum absolute atomic E-state index is 11.9. The van der Waals surface area contributed by atoms with Crippen molar-refractivity contribution >= 4 is 0 Å². The van der Waals surface area contributed by atoms with Crippen molar-refractivity contribution in [2.75, 3.05) is 13.2 Å². The third kappa shape index (κ3) is 4.53. The van der Waals surface area contributed by atoms with Gasteiger partial charge >= 0.3 is 6.18 Å². The Hall–Kier alpha value is -0.330. The Balaban J connectivity index is 3.68. The van der Waals surface area contributed by atoms with Gasteiger partial charge in [0.25, 0.3) is 0 Å². The molecule has 3 N–H and O–H groups in total. The Bertz CT molecular complexity index is 118. The van der Waals surface area contributed by atoms with E-state index in [0.29, 0.717) is 13.0 Å². The fraction of sp³-hybridized carbons (Fsp3) is 1.00. The number of hydrogen-bond donors (Lipinski definition) is 2. The van der Waals surface area contributed by atoms with Gasteiger partial charge in [-0.2, -0.15) is 13.2 Å². The maximum Gasteiger partial charge on any atom is 0.407 e. The SMILES string of the molecule is CCCOCC(NN)C(F)(F)F. The number of nitrogens with one attached hydrogen (secondary N) is 1. The molecule has 0 radical (unpaired) electrons. The molecular weight excluding hydrogens is 173 g/mol. The molecule has 74 valence electrons. The molecule has 0 amide bonds. The summed E-state index contributed by atoms with van der Waals surface area (Å²) in [5.74, 6) is 4.69. The molecule has 0 rings (SSSR count). The lowest BCUT2D eigenvalue weighted by atomic mass is 10.3. The van der Waals surface area contributed by atoms with Crippen LogP contribution in [0.15, 0.2) is 0 Å². The Morgan fingerprint density at radius 3 is 2.42 bits per heavy atom. The van der Waals surface area contributed by atoms with Gasteiger partial charge in [0.15, 0.2) is 0 Å². The third-order valence-corrected chi connectivity index (χ3v) is 1.23. The van der Waals surface area contributed by atoms with Crippen LogP contribution in [-0.4, -0.2) is 25.4 Å². The van der Waals surface area contributed by atoms with Crippen molar-refractivity contribution in [2.45, 2.75) is 25.6 Å². The molecule has 12 heavy (non-hydrogen) atoms. The van der Waals surface area contributed by atoms with Crippen molar-refractivity contribution in [3.05, 3.63) is 0 Å². The van der Waals surface area contributed by atoms with Crippen LogP contribution in [0, 0.1) is 0 Å². The van der Waals surface area contributed by atoms with Crippen LogP contribution in [0.25, 0.3) is 0 Å². The molecule has 0 fully saturated rings. The lowest BCUT2D eigenvalue weighted by Crippen LogP contribution is -2.49. The van der Waals surface area contributed by atoms with Gasteiger partial charge in [-0.1, -0.05) is 6.92 Å². The first-order valence-corrected chi connectivity index (χ1v) is 3.63. The summed E-state index contributed by atoms with van der Waals surface area (Å²) in [6.45, 7) is 1.70. The molecule has 3 nitrogen and oxygen atoms in total. The lowest BCUT2D eigenvalue weighted by Gasteiger charge is -2.18. The Kier molecular flexibility index (Phi) is 5.19. The molecular formula is C6H13F3N2O. The number of halogens is 3. The second-order valence-electron chi connectivity index (χ2n) is 2.34. The zero-order valence-corrected chi connectivity index (χ0v) is 6.82. The van der Waals surface area contributed by atoms with Crippen molar-refractivity contribution in [1.29, 1.82) is 0 Å². The number of alkyl halides is 3. The van der Waals surface area contributed by atoms with Gasteiger partial charge in [-0.05, 0) is 6.42 Å². The second-order valence-corrected chi connectivity index (χ2v) is 2.34. The van der Waals surface area contributed by atoms with E-state index in [1.807, 2.05) is 6.92 Å². The van der Waals surface area contributed by atoms with Gasteiger partial charge in [0.05, 0.1) is 6.61 Å². The van der Waals surface area contributed by atoms with Crippen LogP contribution in [0.2, 0.25) is 0 Å². The molecule has 0 aliphatic carbocycles. The topological polar surface area (TPSA) is 47.3 Å². The summed E-state index contributed by atoms with van der Waals surface area (Å²) < 4.78 is 40.5. The molecule has 0 saturated heterocycles. The van der Waals surface area contributed by atoms with E-state index in [9.17, 15) is 13.2 Å². The highest BCUT2D eigenvalue weighted by molar-refractivity contribution is 4.71. The van der Waals surface area contributed by atoms with Crippen LogP contribution < -0.4 is 11.3 Å². The van der Waals surface area contributed by atoms with Crippen LogP contribution in [0.3, 0.4) is 0 Å². The predicted octanol–water partition coefficient (Wildman–Crippen LogP) is 0.807. The summed E-state index contributed by atoms with van der Waals surface area (Å²) in [4.78, 5) is 0. The summed E-state index contributed by atoms with van der Waals surface area (Å²) in [5, 5.41) is 0. The van der Waals surface area contributed by atoms with Crippen LogP contribution in [0.1, 0.15) is 13.3 Å². The van der Waals surface area contributed by atoms with Gasteiger partial charge in [-0.25, -0.2) is 5.43 Å². The monoisotopic (exact) mass is 186 g/mol. The van der Waals surface area contributed by atoms with Crippen molar-refractivity contribution in [1.82, 2.24) is 5.43 Å². The first kappa shape index (κ1) is 11.7. The average molecular weight is 186 g/mol. The molecule has 0 bridgehead atoms. The zero-order chi connectivity index (χ0) is 9.61. The Morgan fingerprint density at radius 2 is 2.08 bits per heavy atom. The minimum absolute atomic E-state index is 0.314. The van der Waals surface area contributed by atoms with Gasteiger partial charge in [-0.15, -0.1) is 0 Å². The van der Waals surface area contributed by atoms with E-state index < -0.39 is 18.8 Å². The maximum atomic E-state index is 11.9. The molecule has 0 aromatic rings. The van der Waals surface area contributed by atoms with E-state index in [4.69, 9.17) is 10.6 Å². The highest BCUT2D eigenvalue weighted by Crippen LogP contribution is 2.19. The molecule has 1 unspecified atom stereocenters. The van der Waals surface area contributed by atoms with Crippen LogP contribution in [-0.2, 0) is 4.74 Å². The average Bonchev–Trinajstić information content (AvgIpc) is 1.95. The van der Waals surface area contributed by atoms with Crippen LogP contribution in [0.4, 0.5) is 13.2 Å². The predicted molar refractivity (Wildman–Crippen MR) is 38.3 cm³/mol. The second kappa shape index (κ2) is 5.34. The zero-order valence-electron chi connectivity index (χ0n) is 6.82. The van der Waals surface area contributed by atoms with E-state index in [1.54, 1.807) is 5.43 Å². The molecule has 6 heteroatoms. The number of rotatable bonds is 5. The first-order valence-electron chi connectivity index (χ1n) is 3.63. The molecule has 0 spiro atoms. The number of hydrazine groups is 1. The molecule has 0 aromatic carbocycles. The molecule has 0 saturated carbocycles. The first-order chi connectivity index (χ1) is 5.52. The van der Waals surface area contributed by atoms with E-state index in [1.165, 1.54) is 0 Å². The summed E-state index contributed by atoms with van der Waals surface area (Å²) in [7, 11) is 0. The Morgan fingerprint density at radius 1 is 1.50 bits per heavy atom. The number of hydrogen-bond acceptors (Lipinski definition) is 3. The highest BCUT2D eigenvalue weighted by Gasteiger charge is 2.38. The standard InChI is InChI=1S/C6H13F3N2O/c1-2-3-12-4-5(11-10)6(7,8)9/h5,11H,2-4,10H2,1H3. The number of nitrogens with two attached hydrogens (primary N) is 1. The van der Waals surface area contributed by atoms with Gasteiger partial charge in [-0.3, -0.25) is 5.84 Å².